The molecule has 0 radical (unpaired) electrons. The molecular formula is C24H29N7. The number of aryl methyl sites for hydroxylation is 1. The highest BCUT2D eigenvalue weighted by atomic mass is 15.5. The van der Waals surface area contributed by atoms with Crippen LogP contribution in [0.2, 0.25) is 0 Å². The molecule has 160 valence electrons. The van der Waals surface area contributed by atoms with Crippen LogP contribution in [0, 0.1) is 12.3 Å². The number of fused-ring (bicyclic) bond motifs is 1. The Balaban J connectivity index is 1.81. The van der Waals surface area contributed by atoms with E-state index in [0.29, 0.717) is 11.6 Å². The molecule has 2 aromatic heterocycles. The molecule has 7 nitrogen and oxygen atoms in total. The van der Waals surface area contributed by atoms with Gasteiger partial charge in [0.2, 0.25) is 5.82 Å². The number of rotatable bonds is 5. The third kappa shape index (κ3) is 3.87. The number of anilines is 1. The van der Waals surface area contributed by atoms with E-state index in [1.54, 1.807) is 0 Å². The number of hydrogen-bond donors (Lipinski definition) is 0. The summed E-state index contributed by atoms with van der Waals surface area (Å²) in [5, 5.41) is 13.7. The Morgan fingerprint density at radius 1 is 0.935 bits per heavy atom. The molecule has 0 bridgehead atoms. The Hall–Kier alpha value is -3.35. The molecule has 0 atom stereocenters. The molecule has 1 aliphatic rings. The van der Waals surface area contributed by atoms with Gasteiger partial charge in [0.1, 0.15) is 11.5 Å². The van der Waals surface area contributed by atoms with Gasteiger partial charge in [-0.1, -0.05) is 51.1 Å². The van der Waals surface area contributed by atoms with E-state index in [-0.39, 0.29) is 5.41 Å². The van der Waals surface area contributed by atoms with Crippen LogP contribution in [-0.2, 0) is 0 Å². The number of hydrogen-bond acceptors (Lipinski definition) is 6. The molecule has 0 saturated heterocycles. The molecule has 3 heterocycles. The van der Waals surface area contributed by atoms with Crippen molar-refractivity contribution in [3.8, 4) is 11.4 Å². The van der Waals surface area contributed by atoms with Gasteiger partial charge in [0.25, 0.3) is 0 Å². The smallest absolute Gasteiger partial charge is 0.205 e. The van der Waals surface area contributed by atoms with E-state index in [1.807, 2.05) is 54.1 Å². The van der Waals surface area contributed by atoms with Crippen LogP contribution in [0.25, 0.3) is 11.4 Å². The second-order valence-electron chi connectivity index (χ2n) is 8.63. The number of aromatic nitrogens is 4. The van der Waals surface area contributed by atoms with Crippen molar-refractivity contribution in [2.75, 3.05) is 18.0 Å². The van der Waals surface area contributed by atoms with Gasteiger partial charge in [0, 0.05) is 24.1 Å². The lowest BCUT2D eigenvalue weighted by atomic mass is 9.87. The van der Waals surface area contributed by atoms with Crippen LogP contribution in [0.5, 0.6) is 0 Å². The first-order valence-corrected chi connectivity index (χ1v) is 10.8. The molecule has 0 saturated carbocycles. The topological polar surface area (TPSA) is 71.6 Å². The van der Waals surface area contributed by atoms with Crippen LogP contribution in [0.1, 0.15) is 46.1 Å². The molecule has 7 heteroatoms. The van der Waals surface area contributed by atoms with Gasteiger partial charge in [0.15, 0.2) is 5.82 Å². The molecule has 0 amide bonds. The number of aliphatic imine (C=N–C) groups is 1. The van der Waals surface area contributed by atoms with Crippen LogP contribution in [0.15, 0.2) is 52.6 Å². The van der Waals surface area contributed by atoms with Gasteiger partial charge in [-0.2, -0.15) is 9.78 Å². The van der Waals surface area contributed by atoms with E-state index in [1.165, 1.54) is 0 Å². The minimum Gasteiger partial charge on any atom is -0.357 e. The van der Waals surface area contributed by atoms with Gasteiger partial charge >= 0.3 is 0 Å². The predicted molar refractivity (Wildman–Crippen MR) is 126 cm³/mol. The highest BCUT2D eigenvalue weighted by Gasteiger charge is 2.35. The van der Waals surface area contributed by atoms with Crippen LogP contribution >= 0.6 is 0 Å². The van der Waals surface area contributed by atoms with Crippen LogP contribution in [0.3, 0.4) is 0 Å². The third-order valence-electron chi connectivity index (χ3n) is 5.38. The predicted octanol–water partition coefficient (Wildman–Crippen LogP) is 4.88. The van der Waals surface area contributed by atoms with Crippen LogP contribution in [-0.4, -0.2) is 44.4 Å². The van der Waals surface area contributed by atoms with Crippen molar-refractivity contribution in [1.82, 2.24) is 19.9 Å². The molecule has 31 heavy (non-hydrogen) atoms. The zero-order valence-electron chi connectivity index (χ0n) is 19.1. The Kier molecular flexibility index (Phi) is 5.43. The summed E-state index contributed by atoms with van der Waals surface area (Å²) < 4.78 is 1.81. The molecule has 1 aliphatic heterocycles. The fourth-order valence-corrected chi connectivity index (χ4v) is 3.65. The number of nitrogens with zero attached hydrogens (tertiary/aromatic N) is 7. The molecule has 0 spiro atoms. The molecule has 0 fully saturated rings. The minimum atomic E-state index is -0.198. The van der Waals surface area contributed by atoms with Crippen molar-refractivity contribution >= 4 is 22.9 Å². The molecule has 3 aromatic rings. The Morgan fingerprint density at radius 2 is 1.61 bits per heavy atom. The molecule has 1 aromatic carbocycles. The molecule has 0 unspecified atom stereocenters. The lowest BCUT2D eigenvalue weighted by molar-refractivity contribution is 0.594. The molecule has 4 rings (SSSR count). The summed E-state index contributed by atoms with van der Waals surface area (Å²) in [5.41, 5.74) is 4.12. The fraction of sp³-hybridized carbons (Fsp3) is 0.375. The van der Waals surface area contributed by atoms with Crippen LogP contribution < -0.4 is 4.90 Å². The zero-order valence-corrected chi connectivity index (χ0v) is 19.1. The number of pyridine rings is 1. The lowest BCUT2D eigenvalue weighted by Gasteiger charge is -2.20. The van der Waals surface area contributed by atoms with Gasteiger partial charge in [-0.05, 0) is 32.9 Å². The third-order valence-corrected chi connectivity index (χ3v) is 5.38. The van der Waals surface area contributed by atoms with Gasteiger partial charge in [0.05, 0.1) is 17.1 Å². The summed E-state index contributed by atoms with van der Waals surface area (Å²) in [6.45, 7) is 14.5. The monoisotopic (exact) mass is 415 g/mol. The first kappa shape index (κ1) is 20.9. The number of benzene rings is 1. The van der Waals surface area contributed by atoms with Crippen molar-refractivity contribution in [3.05, 3.63) is 54.0 Å². The second-order valence-corrected chi connectivity index (χ2v) is 8.63. The average Bonchev–Trinajstić information content (AvgIpc) is 3.31. The maximum absolute atomic E-state index is 4.99. The standard InChI is InChI=1S/C24H29N7/c1-7-30(8-2)19-15-14-18(16(3)25-19)26-20-21(24(4,5)6)29-31-22(27-28-23(20)31)17-12-10-9-11-13-17/h9-15H,7-8H2,1-6H3. The summed E-state index contributed by atoms with van der Waals surface area (Å²) in [4.78, 5) is 12.0. The van der Waals surface area contributed by atoms with Crippen LogP contribution in [0.4, 0.5) is 11.5 Å². The summed E-state index contributed by atoms with van der Waals surface area (Å²) in [6, 6.07) is 14.0. The van der Waals surface area contributed by atoms with Crippen molar-refractivity contribution in [2.24, 2.45) is 15.5 Å². The highest BCUT2D eigenvalue weighted by molar-refractivity contribution is 6.50. The summed E-state index contributed by atoms with van der Waals surface area (Å²) in [7, 11) is 0. The van der Waals surface area contributed by atoms with E-state index in [2.05, 4.69) is 49.7 Å². The quantitative estimate of drug-likeness (QED) is 0.595. The van der Waals surface area contributed by atoms with Crippen molar-refractivity contribution < 1.29 is 0 Å². The van der Waals surface area contributed by atoms with E-state index >= 15 is 0 Å². The van der Waals surface area contributed by atoms with E-state index < -0.39 is 0 Å². The lowest BCUT2D eigenvalue weighted by Crippen LogP contribution is -2.27. The normalized spacial score (nSPS) is 14.6. The Labute approximate surface area is 183 Å². The highest BCUT2D eigenvalue weighted by Crippen LogP contribution is 2.31. The van der Waals surface area contributed by atoms with Crippen molar-refractivity contribution in [3.63, 3.8) is 0 Å². The largest absolute Gasteiger partial charge is 0.357 e. The SMILES string of the molecule is CCN(CC)c1ccc(N=C2C(C(C)(C)C)=Nn3c2nnc3-c2ccccc2)c(C)n1. The van der Waals surface area contributed by atoms with Gasteiger partial charge in [-0.3, -0.25) is 0 Å². The summed E-state index contributed by atoms with van der Waals surface area (Å²) in [5.74, 6) is 2.35. The van der Waals surface area contributed by atoms with Crippen molar-refractivity contribution in [2.45, 2.75) is 41.5 Å². The van der Waals surface area contributed by atoms with Gasteiger partial charge in [-0.15, -0.1) is 10.2 Å². The first-order chi connectivity index (χ1) is 14.8. The maximum Gasteiger partial charge on any atom is 0.205 e. The summed E-state index contributed by atoms with van der Waals surface area (Å²) >= 11 is 0. The van der Waals surface area contributed by atoms with Gasteiger partial charge < -0.3 is 4.90 Å². The van der Waals surface area contributed by atoms with E-state index in [0.717, 1.165) is 47.3 Å². The van der Waals surface area contributed by atoms with Gasteiger partial charge in [-0.25, -0.2) is 9.98 Å². The van der Waals surface area contributed by atoms with E-state index in [4.69, 9.17) is 15.1 Å². The molecular weight excluding hydrogens is 386 g/mol. The molecule has 0 N–H and O–H groups in total. The summed E-state index contributed by atoms with van der Waals surface area (Å²) in [6.07, 6.45) is 0. The zero-order chi connectivity index (χ0) is 22.2. The first-order valence-electron chi connectivity index (χ1n) is 10.8. The Bertz CT molecular complexity index is 1150. The fourth-order valence-electron chi connectivity index (χ4n) is 3.65. The van der Waals surface area contributed by atoms with Crippen molar-refractivity contribution in [1.29, 1.82) is 0 Å². The Morgan fingerprint density at radius 3 is 2.23 bits per heavy atom. The molecule has 0 aliphatic carbocycles. The maximum atomic E-state index is 4.99. The van der Waals surface area contributed by atoms with E-state index in [9.17, 15) is 0 Å². The average molecular weight is 416 g/mol. The minimum absolute atomic E-state index is 0.198. The second kappa shape index (κ2) is 8.06.